The Labute approximate surface area is 95.0 Å². The van der Waals surface area contributed by atoms with E-state index < -0.39 is 0 Å². The van der Waals surface area contributed by atoms with Gasteiger partial charge in [-0.2, -0.15) is 0 Å². The second-order valence-electron chi connectivity index (χ2n) is 3.75. The van der Waals surface area contributed by atoms with Gasteiger partial charge in [-0.1, -0.05) is 31.9 Å². The monoisotopic (exact) mass is 220 g/mol. The Morgan fingerprint density at radius 3 is 3.00 bits per heavy atom. The summed E-state index contributed by atoms with van der Waals surface area (Å²) < 4.78 is 0. The zero-order valence-electron chi connectivity index (χ0n) is 8.94. The highest BCUT2D eigenvalue weighted by atomic mass is 32.2. The normalized spacial score (nSPS) is 19.5. The number of fused-ring (bicyclic) bond motifs is 1. The highest BCUT2D eigenvalue weighted by Crippen LogP contribution is 2.38. The number of thioether (sulfide) groups is 1. The van der Waals surface area contributed by atoms with Crippen LogP contribution in [0.5, 0.6) is 0 Å². The predicted octanol–water partition coefficient (Wildman–Crippen LogP) is 3.34. The van der Waals surface area contributed by atoms with Gasteiger partial charge in [0.25, 0.3) is 0 Å². The number of unbranched alkanes of at least 4 members (excludes halogenated alkanes) is 1. The van der Waals surface area contributed by atoms with Gasteiger partial charge in [-0.15, -0.1) is 11.8 Å². The molecule has 1 aromatic carbocycles. The molecule has 1 aromatic rings. The Bertz CT molecular complexity index is 374. The van der Waals surface area contributed by atoms with Gasteiger partial charge in [-0.3, -0.25) is 0 Å². The van der Waals surface area contributed by atoms with Gasteiger partial charge in [0.05, 0.1) is 10.9 Å². The van der Waals surface area contributed by atoms with E-state index in [1.807, 2.05) is 23.9 Å². The summed E-state index contributed by atoms with van der Waals surface area (Å²) in [5.41, 5.74) is 6.98. The third-order valence-corrected chi connectivity index (χ3v) is 3.89. The Morgan fingerprint density at radius 1 is 1.40 bits per heavy atom. The number of rotatable bonds is 3. The molecule has 0 aliphatic carbocycles. The highest BCUT2D eigenvalue weighted by molar-refractivity contribution is 8.00. The fraction of sp³-hybridized carbons (Fsp3) is 0.417. The molecule has 0 radical (unpaired) electrons. The van der Waals surface area contributed by atoms with Gasteiger partial charge >= 0.3 is 0 Å². The zero-order valence-corrected chi connectivity index (χ0v) is 9.76. The molecule has 0 bridgehead atoms. The lowest BCUT2D eigenvalue weighted by atomic mass is 10.2. The van der Waals surface area contributed by atoms with E-state index in [1.165, 1.54) is 17.7 Å². The topological polar surface area (TPSA) is 38.4 Å². The third-order valence-electron chi connectivity index (χ3n) is 2.53. The van der Waals surface area contributed by atoms with E-state index in [1.54, 1.807) is 0 Å². The standard InChI is InChI=1S/C12H16N2S/c1-2-3-7-11-12(13)14-9-6-4-5-8-10(9)15-11/h4-6,8,11H,2-3,7H2,1H3,(H2,13,14). The first-order valence-corrected chi connectivity index (χ1v) is 6.29. The SMILES string of the molecule is CCCCC1Sc2ccccc2N=C1N. The minimum absolute atomic E-state index is 0.375. The molecular weight excluding hydrogens is 204 g/mol. The van der Waals surface area contributed by atoms with Crippen molar-refractivity contribution < 1.29 is 0 Å². The van der Waals surface area contributed by atoms with Crippen molar-refractivity contribution in [3.8, 4) is 0 Å². The molecule has 1 aliphatic rings. The van der Waals surface area contributed by atoms with E-state index >= 15 is 0 Å². The number of para-hydroxylation sites is 1. The molecule has 15 heavy (non-hydrogen) atoms. The molecule has 3 heteroatoms. The maximum atomic E-state index is 5.96. The fourth-order valence-corrected chi connectivity index (χ4v) is 2.83. The van der Waals surface area contributed by atoms with Gasteiger partial charge in [0.15, 0.2) is 0 Å². The summed E-state index contributed by atoms with van der Waals surface area (Å²) in [5.74, 6) is 0.784. The smallest absolute Gasteiger partial charge is 0.113 e. The molecule has 1 aliphatic heterocycles. The van der Waals surface area contributed by atoms with E-state index in [4.69, 9.17) is 5.73 Å². The van der Waals surface area contributed by atoms with Crippen molar-refractivity contribution in [2.45, 2.75) is 36.3 Å². The van der Waals surface area contributed by atoms with Crippen molar-refractivity contribution in [3.63, 3.8) is 0 Å². The number of aliphatic imine (C=N–C) groups is 1. The summed E-state index contributed by atoms with van der Waals surface area (Å²) in [6.07, 6.45) is 3.56. The molecule has 2 rings (SSSR count). The maximum absolute atomic E-state index is 5.96. The van der Waals surface area contributed by atoms with Gasteiger partial charge in [-0.25, -0.2) is 4.99 Å². The molecule has 1 heterocycles. The largest absolute Gasteiger partial charge is 0.386 e. The summed E-state index contributed by atoms with van der Waals surface area (Å²) in [7, 11) is 0. The van der Waals surface area contributed by atoms with E-state index in [0.29, 0.717) is 5.25 Å². The van der Waals surface area contributed by atoms with Crippen LogP contribution in [0.1, 0.15) is 26.2 Å². The number of amidine groups is 1. The van der Waals surface area contributed by atoms with Crippen LogP contribution in [-0.2, 0) is 0 Å². The Kier molecular flexibility index (Phi) is 3.31. The zero-order chi connectivity index (χ0) is 10.7. The Morgan fingerprint density at radius 2 is 2.20 bits per heavy atom. The quantitative estimate of drug-likeness (QED) is 0.848. The van der Waals surface area contributed by atoms with Crippen molar-refractivity contribution in [3.05, 3.63) is 24.3 Å². The summed E-state index contributed by atoms with van der Waals surface area (Å²) in [4.78, 5) is 5.71. The molecule has 2 N–H and O–H groups in total. The van der Waals surface area contributed by atoms with Gasteiger partial charge < -0.3 is 5.73 Å². The number of benzene rings is 1. The second kappa shape index (κ2) is 4.71. The first-order chi connectivity index (χ1) is 7.31. The molecule has 1 unspecified atom stereocenters. The van der Waals surface area contributed by atoms with E-state index in [9.17, 15) is 0 Å². The first-order valence-electron chi connectivity index (χ1n) is 5.41. The summed E-state index contributed by atoms with van der Waals surface area (Å²) in [6.45, 7) is 2.20. The summed E-state index contributed by atoms with van der Waals surface area (Å²) >= 11 is 1.85. The summed E-state index contributed by atoms with van der Waals surface area (Å²) in [5, 5.41) is 0.375. The summed E-state index contributed by atoms with van der Waals surface area (Å²) in [6, 6.07) is 8.20. The number of hydrogen-bond acceptors (Lipinski definition) is 3. The average molecular weight is 220 g/mol. The molecule has 0 fully saturated rings. The van der Waals surface area contributed by atoms with Crippen LogP contribution in [0.15, 0.2) is 34.2 Å². The van der Waals surface area contributed by atoms with Crippen LogP contribution in [0.4, 0.5) is 5.69 Å². The van der Waals surface area contributed by atoms with Gasteiger partial charge in [-0.05, 0) is 18.6 Å². The van der Waals surface area contributed by atoms with E-state index in [-0.39, 0.29) is 0 Å². The number of hydrogen-bond donors (Lipinski definition) is 1. The van der Waals surface area contributed by atoms with Gasteiger partial charge in [0.2, 0.25) is 0 Å². The van der Waals surface area contributed by atoms with Gasteiger partial charge in [0, 0.05) is 4.90 Å². The molecule has 80 valence electrons. The Hall–Kier alpha value is -0.960. The Balaban J connectivity index is 2.17. The van der Waals surface area contributed by atoms with Crippen LogP contribution in [0, 0.1) is 0 Å². The molecule has 1 atom stereocenters. The van der Waals surface area contributed by atoms with Crippen LogP contribution in [-0.4, -0.2) is 11.1 Å². The average Bonchev–Trinajstić information content (AvgIpc) is 2.26. The van der Waals surface area contributed by atoms with Crippen LogP contribution in [0.2, 0.25) is 0 Å². The van der Waals surface area contributed by atoms with Crippen LogP contribution < -0.4 is 5.73 Å². The van der Waals surface area contributed by atoms with Crippen molar-refractivity contribution in [2.75, 3.05) is 0 Å². The van der Waals surface area contributed by atoms with E-state index in [2.05, 4.69) is 24.0 Å². The predicted molar refractivity (Wildman–Crippen MR) is 66.9 cm³/mol. The number of nitrogens with zero attached hydrogens (tertiary/aromatic N) is 1. The second-order valence-corrected chi connectivity index (χ2v) is 5.00. The molecule has 0 saturated heterocycles. The van der Waals surface area contributed by atoms with Crippen molar-refractivity contribution in [1.82, 2.24) is 0 Å². The molecule has 0 aromatic heterocycles. The lowest BCUT2D eigenvalue weighted by molar-refractivity contribution is 0.746. The molecule has 0 spiro atoms. The molecule has 2 nitrogen and oxygen atoms in total. The first kappa shape index (κ1) is 10.6. The van der Waals surface area contributed by atoms with Crippen LogP contribution >= 0.6 is 11.8 Å². The fourth-order valence-electron chi connectivity index (χ4n) is 1.67. The van der Waals surface area contributed by atoms with Gasteiger partial charge in [0.1, 0.15) is 5.84 Å². The lowest BCUT2D eigenvalue weighted by Crippen LogP contribution is -2.27. The lowest BCUT2D eigenvalue weighted by Gasteiger charge is -2.21. The van der Waals surface area contributed by atoms with Crippen molar-refractivity contribution in [2.24, 2.45) is 10.7 Å². The molecule has 0 saturated carbocycles. The maximum Gasteiger partial charge on any atom is 0.113 e. The molecule has 0 amide bonds. The van der Waals surface area contributed by atoms with Crippen molar-refractivity contribution in [1.29, 1.82) is 0 Å². The minimum Gasteiger partial charge on any atom is -0.386 e. The minimum atomic E-state index is 0.375. The van der Waals surface area contributed by atoms with Crippen LogP contribution in [0.25, 0.3) is 0 Å². The van der Waals surface area contributed by atoms with Crippen molar-refractivity contribution >= 4 is 23.3 Å². The van der Waals surface area contributed by atoms with Crippen LogP contribution in [0.3, 0.4) is 0 Å². The molecular formula is C12H16N2S. The third kappa shape index (κ3) is 2.34. The number of nitrogens with two attached hydrogens (primary N) is 1. The highest BCUT2D eigenvalue weighted by Gasteiger charge is 2.20. The van der Waals surface area contributed by atoms with E-state index in [0.717, 1.165) is 17.9 Å².